The van der Waals surface area contributed by atoms with Crippen LogP contribution in [0.15, 0.2) is 48.5 Å². The Morgan fingerprint density at radius 2 is 1.58 bits per heavy atom. The van der Waals surface area contributed by atoms with Gasteiger partial charge in [-0.25, -0.2) is 9.59 Å². The van der Waals surface area contributed by atoms with Crippen molar-refractivity contribution < 1.29 is 29.3 Å². The van der Waals surface area contributed by atoms with Crippen LogP contribution in [0.2, 0.25) is 0 Å². The first kappa shape index (κ1) is 23.9. The van der Waals surface area contributed by atoms with E-state index in [1.54, 1.807) is 24.3 Å². The molecular weight excluding hydrogens is 400 g/mol. The number of carbonyl (C=O) groups is 3. The van der Waals surface area contributed by atoms with Gasteiger partial charge in [0.2, 0.25) is 5.91 Å². The van der Waals surface area contributed by atoms with Gasteiger partial charge < -0.3 is 25.6 Å². The molecule has 0 saturated carbocycles. The number of carbonyl (C=O) groups excluding carboxylic acids is 2. The molecule has 2 aromatic rings. The van der Waals surface area contributed by atoms with E-state index in [1.165, 1.54) is 6.92 Å². The van der Waals surface area contributed by atoms with E-state index in [1.807, 2.05) is 38.1 Å². The van der Waals surface area contributed by atoms with Gasteiger partial charge >= 0.3 is 12.1 Å². The summed E-state index contributed by atoms with van der Waals surface area (Å²) in [6.07, 6.45) is -2.09. The summed E-state index contributed by atoms with van der Waals surface area (Å²) in [5, 5.41) is 24.3. The molecule has 0 aromatic heterocycles. The third kappa shape index (κ3) is 7.11. The number of benzene rings is 2. The van der Waals surface area contributed by atoms with Crippen molar-refractivity contribution >= 4 is 18.0 Å². The van der Waals surface area contributed by atoms with Gasteiger partial charge in [0.15, 0.2) is 0 Å². The van der Waals surface area contributed by atoms with Crippen LogP contribution >= 0.6 is 0 Å². The van der Waals surface area contributed by atoms with Gasteiger partial charge in [0.25, 0.3) is 0 Å². The third-order valence-electron chi connectivity index (χ3n) is 4.92. The maximum absolute atomic E-state index is 12.7. The zero-order valence-corrected chi connectivity index (χ0v) is 17.8. The summed E-state index contributed by atoms with van der Waals surface area (Å²) < 4.78 is 5.08. The van der Waals surface area contributed by atoms with E-state index < -0.39 is 36.2 Å². The van der Waals surface area contributed by atoms with Gasteiger partial charge in [-0.15, -0.1) is 0 Å². The van der Waals surface area contributed by atoms with Crippen LogP contribution < -0.4 is 10.6 Å². The lowest BCUT2D eigenvalue weighted by Crippen LogP contribution is -2.56. The van der Waals surface area contributed by atoms with Gasteiger partial charge in [-0.05, 0) is 43.0 Å². The van der Waals surface area contributed by atoms with Crippen LogP contribution in [-0.4, -0.2) is 46.4 Å². The minimum atomic E-state index is -1.37. The lowest BCUT2D eigenvalue weighted by molar-refractivity contribution is -0.142. The third-order valence-corrected chi connectivity index (χ3v) is 4.92. The van der Waals surface area contributed by atoms with Crippen molar-refractivity contribution in [3.05, 3.63) is 70.8 Å². The first-order chi connectivity index (χ1) is 14.7. The predicted molar refractivity (Wildman–Crippen MR) is 114 cm³/mol. The molecule has 166 valence electrons. The molecular formula is C23H28N2O6. The fourth-order valence-corrected chi connectivity index (χ4v) is 3.13. The molecule has 0 aliphatic heterocycles. The Kier molecular flexibility index (Phi) is 8.57. The highest BCUT2D eigenvalue weighted by atomic mass is 16.5. The summed E-state index contributed by atoms with van der Waals surface area (Å²) in [5.41, 5.74) is 3.40. The molecule has 0 fully saturated rings. The number of aliphatic hydroxyl groups is 1. The lowest BCUT2D eigenvalue weighted by atomic mass is 9.96. The number of carboxylic acids is 1. The Balaban J connectivity index is 2.03. The number of amides is 2. The quantitative estimate of drug-likeness (QED) is 0.485. The fraction of sp³-hybridized carbons (Fsp3) is 0.348. The van der Waals surface area contributed by atoms with E-state index in [-0.39, 0.29) is 13.0 Å². The molecule has 31 heavy (non-hydrogen) atoms. The Hall–Kier alpha value is -3.39. The van der Waals surface area contributed by atoms with Gasteiger partial charge in [0, 0.05) is 6.42 Å². The van der Waals surface area contributed by atoms with E-state index >= 15 is 0 Å². The number of hydrogen-bond acceptors (Lipinski definition) is 5. The number of rotatable bonds is 9. The molecule has 0 heterocycles. The van der Waals surface area contributed by atoms with Crippen molar-refractivity contribution in [1.82, 2.24) is 10.6 Å². The molecule has 8 heteroatoms. The molecule has 0 spiro atoms. The smallest absolute Gasteiger partial charge is 0.408 e. The van der Waals surface area contributed by atoms with E-state index in [0.717, 1.165) is 22.3 Å². The number of nitrogens with one attached hydrogen (secondary N) is 2. The van der Waals surface area contributed by atoms with E-state index in [0.29, 0.717) is 0 Å². The molecule has 0 unspecified atom stereocenters. The van der Waals surface area contributed by atoms with Crippen molar-refractivity contribution in [1.29, 1.82) is 0 Å². The molecule has 0 aliphatic carbocycles. The zero-order chi connectivity index (χ0) is 23.0. The van der Waals surface area contributed by atoms with Crippen LogP contribution in [-0.2, 0) is 27.4 Å². The largest absolute Gasteiger partial charge is 0.480 e. The van der Waals surface area contributed by atoms with Gasteiger partial charge in [-0.2, -0.15) is 0 Å². The Labute approximate surface area is 181 Å². The summed E-state index contributed by atoms with van der Waals surface area (Å²) in [5.74, 6) is -2.03. The zero-order valence-electron chi connectivity index (χ0n) is 17.8. The number of hydrogen-bond donors (Lipinski definition) is 4. The van der Waals surface area contributed by atoms with Crippen LogP contribution in [0.5, 0.6) is 0 Å². The second-order valence-corrected chi connectivity index (χ2v) is 7.40. The van der Waals surface area contributed by atoms with Crippen molar-refractivity contribution in [3.63, 3.8) is 0 Å². The van der Waals surface area contributed by atoms with Crippen LogP contribution in [0.3, 0.4) is 0 Å². The monoisotopic (exact) mass is 428 g/mol. The summed E-state index contributed by atoms with van der Waals surface area (Å²) in [6.45, 7) is 5.05. The first-order valence-corrected chi connectivity index (χ1v) is 9.92. The first-order valence-electron chi connectivity index (χ1n) is 9.92. The molecule has 0 bridgehead atoms. The minimum absolute atomic E-state index is 0.00880. The highest BCUT2D eigenvalue weighted by Gasteiger charge is 2.30. The van der Waals surface area contributed by atoms with E-state index in [9.17, 15) is 24.6 Å². The average Bonchev–Trinajstić information content (AvgIpc) is 2.72. The van der Waals surface area contributed by atoms with Gasteiger partial charge in [0.1, 0.15) is 18.7 Å². The van der Waals surface area contributed by atoms with Gasteiger partial charge in [-0.1, -0.05) is 48.5 Å². The summed E-state index contributed by atoms with van der Waals surface area (Å²) >= 11 is 0. The van der Waals surface area contributed by atoms with Crippen molar-refractivity contribution in [2.24, 2.45) is 0 Å². The van der Waals surface area contributed by atoms with Gasteiger partial charge in [-0.3, -0.25) is 4.79 Å². The molecule has 2 rings (SSSR count). The number of aryl methyl sites for hydroxylation is 2. The van der Waals surface area contributed by atoms with Crippen LogP contribution in [0.4, 0.5) is 4.79 Å². The van der Waals surface area contributed by atoms with E-state index in [2.05, 4.69) is 10.6 Å². The SMILES string of the molecule is Cc1cccc(C)c1C[C@H](NC(=O)[C@@H](NC(=O)OCc1ccccc1)[C@@H](C)O)C(=O)O. The average molecular weight is 428 g/mol. The summed E-state index contributed by atoms with van der Waals surface area (Å²) in [7, 11) is 0. The molecule has 2 aromatic carbocycles. The Morgan fingerprint density at radius 1 is 0.968 bits per heavy atom. The maximum atomic E-state index is 12.7. The number of alkyl carbamates (subject to hydrolysis) is 1. The van der Waals surface area contributed by atoms with Gasteiger partial charge in [0.05, 0.1) is 6.10 Å². The van der Waals surface area contributed by atoms with Crippen LogP contribution in [0.1, 0.15) is 29.2 Å². The molecule has 0 radical (unpaired) electrons. The van der Waals surface area contributed by atoms with Crippen molar-refractivity contribution in [2.75, 3.05) is 0 Å². The predicted octanol–water partition coefficient (Wildman–Crippen LogP) is 2.09. The number of carboxylic acid groups (broad SMARTS) is 1. The summed E-state index contributed by atoms with van der Waals surface area (Å²) in [6, 6.07) is 12.0. The van der Waals surface area contributed by atoms with Crippen LogP contribution in [0, 0.1) is 13.8 Å². The highest BCUT2D eigenvalue weighted by molar-refractivity contribution is 5.89. The molecule has 0 saturated heterocycles. The normalized spacial score (nSPS) is 13.5. The fourth-order valence-electron chi connectivity index (χ4n) is 3.13. The second kappa shape index (κ2) is 11.1. The molecule has 2 amide bonds. The minimum Gasteiger partial charge on any atom is -0.480 e. The number of aliphatic hydroxyl groups excluding tert-OH is 1. The van der Waals surface area contributed by atoms with Crippen LogP contribution in [0.25, 0.3) is 0 Å². The van der Waals surface area contributed by atoms with E-state index in [4.69, 9.17) is 4.74 Å². The standard InChI is InChI=1S/C23H28N2O6/c1-14-8-7-9-15(2)18(14)12-19(22(28)29)24-21(27)20(16(3)26)25-23(30)31-13-17-10-5-4-6-11-17/h4-11,16,19-20,26H,12-13H2,1-3H3,(H,24,27)(H,25,30)(H,28,29)/t16-,19+,20+/m1/s1. The second-order valence-electron chi connectivity index (χ2n) is 7.40. The van der Waals surface area contributed by atoms with Crippen molar-refractivity contribution in [2.45, 2.75) is 52.0 Å². The number of aliphatic carboxylic acids is 1. The maximum Gasteiger partial charge on any atom is 0.408 e. The lowest BCUT2D eigenvalue weighted by Gasteiger charge is -2.24. The summed E-state index contributed by atoms with van der Waals surface area (Å²) in [4.78, 5) is 36.5. The molecule has 0 aliphatic rings. The highest BCUT2D eigenvalue weighted by Crippen LogP contribution is 2.16. The van der Waals surface area contributed by atoms with Crippen molar-refractivity contribution in [3.8, 4) is 0 Å². The topological polar surface area (TPSA) is 125 Å². The Bertz CT molecular complexity index is 893. The number of ether oxygens (including phenoxy) is 1. The molecule has 3 atom stereocenters. The molecule has 4 N–H and O–H groups in total. The Morgan fingerprint density at radius 3 is 2.13 bits per heavy atom. The molecule has 8 nitrogen and oxygen atoms in total.